The second-order valence-electron chi connectivity index (χ2n) is 4.12. The maximum absolute atomic E-state index is 11.6. The van der Waals surface area contributed by atoms with Crippen molar-refractivity contribution in [2.45, 2.75) is 25.3 Å². The number of carbonyl (C=O) groups excluding carboxylic acids is 2. The minimum absolute atomic E-state index is 0.0648. The highest BCUT2D eigenvalue weighted by molar-refractivity contribution is 5.99. The highest BCUT2D eigenvalue weighted by Gasteiger charge is 2.21. The van der Waals surface area contributed by atoms with Crippen molar-refractivity contribution in [1.29, 1.82) is 0 Å². The summed E-state index contributed by atoms with van der Waals surface area (Å²) in [5.74, 6) is -1.94. The van der Waals surface area contributed by atoms with Gasteiger partial charge in [0.15, 0.2) is 0 Å². The Bertz CT molecular complexity index is 448. The van der Waals surface area contributed by atoms with Crippen LogP contribution in [-0.4, -0.2) is 29.6 Å². The van der Waals surface area contributed by atoms with Crippen LogP contribution in [0.4, 0.5) is 0 Å². The molecular formula is C13H18N2O4. The van der Waals surface area contributed by atoms with Crippen LogP contribution in [0.5, 0.6) is 5.75 Å². The first-order chi connectivity index (χ1) is 9.06. The Kier molecular flexibility index (Phi) is 5.98. The summed E-state index contributed by atoms with van der Waals surface area (Å²) in [6, 6.07) is 4.96. The third-order valence-electron chi connectivity index (χ3n) is 2.59. The fourth-order valence-corrected chi connectivity index (χ4v) is 1.49. The van der Waals surface area contributed by atoms with Gasteiger partial charge in [-0.1, -0.05) is 18.6 Å². The standard InChI is InChI=1S/C13H18N2O4/c14-8-4-3-6-10(15)13(18)19-12(17)9-5-1-2-7-11(9)16/h1-2,5,7,10,16H,3-4,6,8,14-15H2/t10-/m0/s1. The normalized spacial score (nSPS) is 11.9. The molecule has 0 radical (unpaired) electrons. The fourth-order valence-electron chi connectivity index (χ4n) is 1.49. The van der Waals surface area contributed by atoms with E-state index in [1.165, 1.54) is 12.1 Å². The number of rotatable bonds is 6. The van der Waals surface area contributed by atoms with Crippen LogP contribution in [0.3, 0.4) is 0 Å². The lowest BCUT2D eigenvalue weighted by Gasteiger charge is -2.10. The smallest absolute Gasteiger partial charge is 0.349 e. The van der Waals surface area contributed by atoms with E-state index in [2.05, 4.69) is 4.74 Å². The summed E-state index contributed by atoms with van der Waals surface area (Å²) in [7, 11) is 0. The lowest BCUT2D eigenvalue weighted by Crippen LogP contribution is -2.33. The van der Waals surface area contributed by atoms with Crippen LogP contribution in [0.2, 0.25) is 0 Å². The molecule has 1 aromatic rings. The van der Waals surface area contributed by atoms with Crippen molar-refractivity contribution >= 4 is 11.9 Å². The molecule has 6 heteroatoms. The van der Waals surface area contributed by atoms with Crippen LogP contribution in [0, 0.1) is 0 Å². The lowest BCUT2D eigenvalue weighted by molar-refractivity contribution is -0.139. The highest BCUT2D eigenvalue weighted by atomic mass is 16.6. The molecule has 1 atom stereocenters. The van der Waals surface area contributed by atoms with Crippen molar-refractivity contribution in [3.8, 4) is 5.75 Å². The second kappa shape index (κ2) is 7.50. The van der Waals surface area contributed by atoms with E-state index < -0.39 is 18.0 Å². The topological polar surface area (TPSA) is 116 Å². The van der Waals surface area contributed by atoms with Gasteiger partial charge in [0, 0.05) is 0 Å². The molecule has 1 aromatic carbocycles. The third kappa shape index (κ3) is 4.69. The van der Waals surface area contributed by atoms with Gasteiger partial charge in [0.25, 0.3) is 0 Å². The van der Waals surface area contributed by atoms with Gasteiger partial charge in [0.1, 0.15) is 17.4 Å². The predicted octanol–water partition coefficient (Wildman–Crippen LogP) is 0.532. The van der Waals surface area contributed by atoms with Crippen LogP contribution in [0.15, 0.2) is 24.3 Å². The summed E-state index contributed by atoms with van der Waals surface area (Å²) in [6.45, 7) is 0.526. The number of phenolic OH excluding ortho intramolecular Hbond substituents is 1. The Hall–Kier alpha value is -1.92. The molecule has 0 aliphatic rings. The van der Waals surface area contributed by atoms with Gasteiger partial charge in [0.2, 0.25) is 0 Å². The van der Waals surface area contributed by atoms with Crippen LogP contribution in [0.1, 0.15) is 29.6 Å². The first kappa shape index (κ1) is 15.1. The molecule has 5 N–H and O–H groups in total. The van der Waals surface area contributed by atoms with Crippen LogP contribution < -0.4 is 11.5 Å². The molecule has 104 valence electrons. The number of benzene rings is 1. The molecule has 0 unspecified atom stereocenters. The van der Waals surface area contributed by atoms with Crippen molar-refractivity contribution in [3.63, 3.8) is 0 Å². The SMILES string of the molecule is NCCCC[C@H](N)C(=O)OC(=O)c1ccccc1O. The van der Waals surface area contributed by atoms with Gasteiger partial charge >= 0.3 is 11.9 Å². The zero-order chi connectivity index (χ0) is 14.3. The maximum atomic E-state index is 11.6. The Morgan fingerprint density at radius 3 is 2.58 bits per heavy atom. The van der Waals surface area contributed by atoms with E-state index in [-0.39, 0.29) is 11.3 Å². The Morgan fingerprint density at radius 2 is 1.95 bits per heavy atom. The number of hydrogen-bond acceptors (Lipinski definition) is 6. The Morgan fingerprint density at radius 1 is 1.26 bits per heavy atom. The van der Waals surface area contributed by atoms with Crippen LogP contribution in [0.25, 0.3) is 0 Å². The van der Waals surface area contributed by atoms with E-state index in [0.29, 0.717) is 19.4 Å². The summed E-state index contributed by atoms with van der Waals surface area (Å²) in [6.07, 6.45) is 1.86. The van der Waals surface area contributed by atoms with Gasteiger partial charge in [-0.25, -0.2) is 9.59 Å². The number of hydrogen-bond donors (Lipinski definition) is 3. The molecule has 0 aromatic heterocycles. The third-order valence-corrected chi connectivity index (χ3v) is 2.59. The average Bonchev–Trinajstić information content (AvgIpc) is 2.39. The number of phenols is 1. The van der Waals surface area contributed by atoms with Crippen molar-refractivity contribution in [1.82, 2.24) is 0 Å². The molecule has 0 amide bonds. The zero-order valence-electron chi connectivity index (χ0n) is 10.5. The number of para-hydroxylation sites is 1. The molecule has 0 heterocycles. The average molecular weight is 266 g/mol. The second-order valence-corrected chi connectivity index (χ2v) is 4.12. The van der Waals surface area contributed by atoms with Crippen LogP contribution >= 0.6 is 0 Å². The fraction of sp³-hybridized carbons (Fsp3) is 0.385. The van der Waals surface area contributed by atoms with Gasteiger partial charge in [-0.3, -0.25) is 0 Å². The van der Waals surface area contributed by atoms with E-state index in [1.807, 2.05) is 0 Å². The minimum Gasteiger partial charge on any atom is -0.507 e. The number of nitrogens with two attached hydrogens (primary N) is 2. The molecule has 0 saturated heterocycles. The largest absolute Gasteiger partial charge is 0.507 e. The molecule has 0 fully saturated rings. The van der Waals surface area contributed by atoms with Gasteiger partial charge in [-0.15, -0.1) is 0 Å². The summed E-state index contributed by atoms with van der Waals surface area (Å²) >= 11 is 0. The number of ether oxygens (including phenoxy) is 1. The molecule has 0 spiro atoms. The lowest BCUT2D eigenvalue weighted by atomic mass is 10.1. The summed E-state index contributed by atoms with van der Waals surface area (Å²) in [5, 5.41) is 9.45. The molecule has 0 aliphatic heterocycles. The van der Waals surface area contributed by atoms with Crippen molar-refractivity contribution < 1.29 is 19.4 Å². The van der Waals surface area contributed by atoms with E-state index in [9.17, 15) is 14.7 Å². The molecule has 0 saturated carbocycles. The molecule has 0 bridgehead atoms. The summed E-state index contributed by atoms with van der Waals surface area (Å²) in [4.78, 5) is 23.2. The first-order valence-electron chi connectivity index (χ1n) is 6.06. The molecule has 1 rings (SSSR count). The van der Waals surface area contributed by atoms with E-state index in [0.717, 1.165) is 6.42 Å². The van der Waals surface area contributed by atoms with E-state index in [1.54, 1.807) is 12.1 Å². The monoisotopic (exact) mass is 266 g/mol. The van der Waals surface area contributed by atoms with Crippen molar-refractivity contribution in [2.75, 3.05) is 6.54 Å². The first-order valence-corrected chi connectivity index (χ1v) is 6.06. The number of esters is 2. The highest BCUT2D eigenvalue weighted by Crippen LogP contribution is 2.16. The molecule has 6 nitrogen and oxygen atoms in total. The number of unbranched alkanes of at least 4 members (excludes halogenated alkanes) is 1. The maximum Gasteiger partial charge on any atom is 0.349 e. The van der Waals surface area contributed by atoms with Crippen molar-refractivity contribution in [3.05, 3.63) is 29.8 Å². The molecular weight excluding hydrogens is 248 g/mol. The zero-order valence-corrected chi connectivity index (χ0v) is 10.5. The Labute approximate surface area is 111 Å². The predicted molar refractivity (Wildman–Crippen MR) is 69.4 cm³/mol. The van der Waals surface area contributed by atoms with Gasteiger partial charge in [-0.05, 0) is 31.5 Å². The van der Waals surface area contributed by atoms with Crippen molar-refractivity contribution in [2.24, 2.45) is 11.5 Å². The molecule has 0 aliphatic carbocycles. The minimum atomic E-state index is -0.905. The van der Waals surface area contributed by atoms with Gasteiger partial charge < -0.3 is 21.3 Å². The van der Waals surface area contributed by atoms with Gasteiger partial charge in [-0.2, -0.15) is 0 Å². The quantitative estimate of drug-likeness (QED) is 0.393. The van der Waals surface area contributed by atoms with Gasteiger partial charge in [0.05, 0.1) is 0 Å². The summed E-state index contributed by atoms with van der Waals surface area (Å²) < 4.78 is 4.62. The van der Waals surface area contributed by atoms with E-state index in [4.69, 9.17) is 11.5 Å². The Balaban J connectivity index is 2.52. The molecule has 19 heavy (non-hydrogen) atoms. The van der Waals surface area contributed by atoms with Crippen LogP contribution in [-0.2, 0) is 9.53 Å². The summed E-state index contributed by atoms with van der Waals surface area (Å²) in [5.41, 5.74) is 10.9. The number of aromatic hydroxyl groups is 1. The number of carbonyl (C=O) groups is 2. The van der Waals surface area contributed by atoms with E-state index >= 15 is 0 Å².